The lowest BCUT2D eigenvalue weighted by molar-refractivity contribution is 0.394. The molecule has 20 heavy (non-hydrogen) atoms. The van der Waals surface area contributed by atoms with Gasteiger partial charge in [-0.05, 0) is 6.92 Å². The van der Waals surface area contributed by atoms with Gasteiger partial charge in [0, 0.05) is 39.6 Å². The number of thiazole rings is 1. The van der Waals surface area contributed by atoms with Crippen LogP contribution in [0.3, 0.4) is 0 Å². The third-order valence-electron chi connectivity index (χ3n) is 2.65. The molecule has 0 saturated carbocycles. The average molecular weight is 293 g/mol. The van der Waals surface area contributed by atoms with Gasteiger partial charge in [-0.2, -0.15) is 4.98 Å². The molecule has 6 nitrogen and oxygen atoms in total. The van der Waals surface area contributed by atoms with Crippen molar-refractivity contribution in [1.29, 1.82) is 0 Å². The normalized spacial score (nSPS) is 10.6. The second-order valence-electron chi connectivity index (χ2n) is 4.58. The van der Waals surface area contributed by atoms with Gasteiger partial charge in [0.1, 0.15) is 0 Å². The van der Waals surface area contributed by atoms with Crippen LogP contribution in [-0.4, -0.2) is 36.2 Å². The first-order valence-corrected chi connectivity index (χ1v) is 7.11. The van der Waals surface area contributed by atoms with E-state index in [1.165, 1.54) is 0 Å². The zero-order valence-corrected chi connectivity index (χ0v) is 13.0. The highest BCUT2D eigenvalue weighted by Crippen LogP contribution is 2.30. The van der Waals surface area contributed by atoms with E-state index in [4.69, 9.17) is 4.74 Å². The van der Waals surface area contributed by atoms with Gasteiger partial charge in [-0.1, -0.05) is 11.3 Å². The molecule has 2 aromatic heterocycles. The summed E-state index contributed by atoms with van der Waals surface area (Å²) in [5.41, 5.74) is 1.85. The Morgan fingerprint density at radius 1 is 1.25 bits per heavy atom. The minimum atomic E-state index is 0.672. The van der Waals surface area contributed by atoms with Crippen LogP contribution in [0.2, 0.25) is 0 Å². The Bertz CT molecular complexity index is 552. The first kappa shape index (κ1) is 14.7. The van der Waals surface area contributed by atoms with Crippen molar-refractivity contribution >= 4 is 16.5 Å². The van der Waals surface area contributed by atoms with Gasteiger partial charge in [0.15, 0.2) is 5.13 Å². The molecule has 2 heterocycles. The molecule has 0 aliphatic heterocycles. The number of anilines is 1. The smallest absolute Gasteiger partial charge is 0.230 e. The molecule has 0 unspecified atom stereocenters. The number of nitrogens with one attached hydrogen (secondary N) is 1. The van der Waals surface area contributed by atoms with Gasteiger partial charge in [0.25, 0.3) is 0 Å². The molecule has 0 saturated heterocycles. The maximum absolute atomic E-state index is 5.30. The number of aromatic nitrogens is 3. The molecule has 2 aromatic rings. The molecular weight excluding hydrogens is 274 g/mol. The van der Waals surface area contributed by atoms with Crippen molar-refractivity contribution < 1.29 is 4.74 Å². The van der Waals surface area contributed by atoms with Crippen LogP contribution in [0.4, 0.5) is 5.13 Å². The van der Waals surface area contributed by atoms with E-state index >= 15 is 0 Å². The zero-order valence-electron chi connectivity index (χ0n) is 12.2. The first-order chi connectivity index (χ1) is 9.60. The Morgan fingerprint density at radius 3 is 2.65 bits per heavy atom. The number of methoxy groups -OCH3 is 1. The maximum Gasteiger partial charge on any atom is 0.230 e. The van der Waals surface area contributed by atoms with E-state index in [1.807, 2.05) is 25.9 Å². The van der Waals surface area contributed by atoms with E-state index < -0.39 is 0 Å². The fourth-order valence-corrected chi connectivity index (χ4v) is 2.53. The molecular formula is C13H19N5OS. The van der Waals surface area contributed by atoms with E-state index in [2.05, 4.69) is 20.3 Å². The summed E-state index contributed by atoms with van der Waals surface area (Å²) >= 11 is 1.62. The molecule has 0 spiro atoms. The van der Waals surface area contributed by atoms with Gasteiger partial charge in [-0.25, -0.2) is 0 Å². The van der Waals surface area contributed by atoms with Crippen molar-refractivity contribution in [2.24, 2.45) is 0 Å². The fraction of sp³-hybridized carbons (Fsp3) is 0.462. The number of hydrogen-bond acceptors (Lipinski definition) is 7. The number of rotatable bonds is 6. The highest BCUT2D eigenvalue weighted by atomic mass is 32.1. The van der Waals surface area contributed by atoms with Crippen LogP contribution >= 0.6 is 11.3 Å². The molecule has 108 valence electrons. The van der Waals surface area contributed by atoms with Crippen LogP contribution in [0.15, 0.2) is 12.4 Å². The number of ether oxygens (including phenoxy) is 1. The van der Waals surface area contributed by atoms with Crippen LogP contribution in [0.1, 0.15) is 16.3 Å². The zero-order chi connectivity index (χ0) is 14.5. The fourth-order valence-electron chi connectivity index (χ4n) is 1.60. The van der Waals surface area contributed by atoms with E-state index in [0.717, 1.165) is 21.4 Å². The topological polar surface area (TPSA) is 63.2 Å². The minimum Gasteiger partial charge on any atom is -0.480 e. The summed E-state index contributed by atoms with van der Waals surface area (Å²) in [5.74, 6) is 0.682. The molecule has 0 bridgehead atoms. The maximum atomic E-state index is 5.30. The van der Waals surface area contributed by atoms with Crippen LogP contribution in [0.25, 0.3) is 0 Å². The van der Waals surface area contributed by atoms with Gasteiger partial charge in [0.2, 0.25) is 5.88 Å². The average Bonchev–Trinajstić information content (AvgIpc) is 2.84. The van der Waals surface area contributed by atoms with Gasteiger partial charge in [-0.3, -0.25) is 9.97 Å². The summed E-state index contributed by atoms with van der Waals surface area (Å²) in [4.78, 5) is 16.0. The second kappa shape index (κ2) is 6.62. The van der Waals surface area contributed by atoms with Gasteiger partial charge in [-0.15, -0.1) is 0 Å². The predicted octanol–water partition coefficient (Wildman–Crippen LogP) is 1.61. The van der Waals surface area contributed by atoms with Gasteiger partial charge in [0.05, 0.1) is 23.4 Å². The van der Waals surface area contributed by atoms with Crippen molar-refractivity contribution in [2.75, 3.05) is 26.1 Å². The third kappa shape index (κ3) is 3.64. The number of aryl methyl sites for hydroxylation is 1. The molecule has 0 aliphatic carbocycles. The minimum absolute atomic E-state index is 0.672. The van der Waals surface area contributed by atoms with Crippen LogP contribution < -0.4 is 15.0 Å². The van der Waals surface area contributed by atoms with Crippen LogP contribution in [-0.2, 0) is 13.1 Å². The summed E-state index contributed by atoms with van der Waals surface area (Å²) < 4.78 is 5.30. The van der Waals surface area contributed by atoms with E-state index in [9.17, 15) is 0 Å². The lowest BCUT2D eigenvalue weighted by Gasteiger charge is -2.05. The van der Waals surface area contributed by atoms with E-state index in [0.29, 0.717) is 19.0 Å². The second-order valence-corrected chi connectivity index (χ2v) is 5.64. The summed E-state index contributed by atoms with van der Waals surface area (Å²) in [6.45, 7) is 3.30. The lowest BCUT2D eigenvalue weighted by Crippen LogP contribution is -2.13. The monoisotopic (exact) mass is 293 g/mol. The van der Waals surface area contributed by atoms with E-state index in [-0.39, 0.29) is 0 Å². The van der Waals surface area contributed by atoms with Crippen molar-refractivity contribution in [2.45, 2.75) is 20.0 Å². The van der Waals surface area contributed by atoms with Crippen molar-refractivity contribution in [3.05, 3.63) is 28.7 Å². The Balaban J connectivity index is 1.95. The molecule has 0 aromatic carbocycles. The van der Waals surface area contributed by atoms with Crippen molar-refractivity contribution in [3.63, 3.8) is 0 Å². The molecule has 0 radical (unpaired) electrons. The molecule has 0 atom stereocenters. The van der Waals surface area contributed by atoms with Crippen molar-refractivity contribution in [3.8, 4) is 5.88 Å². The Hall–Kier alpha value is -1.73. The molecule has 0 fully saturated rings. The standard InChI is InChI=1S/C13H19N5OS/c1-9-5-16-10(7-15-9)6-14-8-11-12(19-4)17-13(20-11)18(2)3/h5,7,14H,6,8H2,1-4H3. The Kier molecular flexibility index (Phi) is 4.86. The Morgan fingerprint density at radius 2 is 2.05 bits per heavy atom. The summed E-state index contributed by atoms with van der Waals surface area (Å²) in [6, 6.07) is 0. The number of hydrogen-bond donors (Lipinski definition) is 1. The quantitative estimate of drug-likeness (QED) is 0.873. The van der Waals surface area contributed by atoms with Gasteiger partial charge >= 0.3 is 0 Å². The largest absolute Gasteiger partial charge is 0.480 e. The van der Waals surface area contributed by atoms with Crippen LogP contribution in [0, 0.1) is 6.92 Å². The molecule has 7 heteroatoms. The molecule has 2 rings (SSSR count). The Labute approximate surface area is 122 Å². The van der Waals surface area contributed by atoms with E-state index in [1.54, 1.807) is 30.8 Å². The SMILES string of the molecule is COc1nc(N(C)C)sc1CNCc1cnc(C)cn1. The van der Waals surface area contributed by atoms with Gasteiger partial charge < -0.3 is 15.0 Å². The summed E-state index contributed by atoms with van der Waals surface area (Å²) in [6.07, 6.45) is 3.56. The predicted molar refractivity (Wildman–Crippen MR) is 80.3 cm³/mol. The third-order valence-corrected chi connectivity index (χ3v) is 3.86. The molecule has 0 amide bonds. The first-order valence-electron chi connectivity index (χ1n) is 6.29. The highest BCUT2D eigenvalue weighted by molar-refractivity contribution is 7.15. The highest BCUT2D eigenvalue weighted by Gasteiger charge is 2.12. The molecule has 0 aliphatic rings. The van der Waals surface area contributed by atoms with Crippen molar-refractivity contribution in [1.82, 2.24) is 20.3 Å². The van der Waals surface area contributed by atoms with Crippen LogP contribution in [0.5, 0.6) is 5.88 Å². The summed E-state index contributed by atoms with van der Waals surface area (Å²) in [5, 5.41) is 4.27. The lowest BCUT2D eigenvalue weighted by atomic mass is 10.4. The molecule has 1 N–H and O–H groups in total. The summed E-state index contributed by atoms with van der Waals surface area (Å²) in [7, 11) is 5.58. The number of nitrogens with zero attached hydrogens (tertiary/aromatic N) is 4.